The highest BCUT2D eigenvalue weighted by atomic mass is 79.9. The van der Waals surface area contributed by atoms with E-state index in [9.17, 15) is 4.79 Å². The molecule has 0 radical (unpaired) electrons. The van der Waals surface area contributed by atoms with Gasteiger partial charge in [0.15, 0.2) is 5.65 Å². The third-order valence-corrected chi connectivity index (χ3v) is 4.12. The molecule has 0 fully saturated rings. The molecule has 5 nitrogen and oxygen atoms in total. The van der Waals surface area contributed by atoms with Gasteiger partial charge in [-0.3, -0.25) is 4.79 Å². The zero-order valence-corrected chi connectivity index (χ0v) is 14.2. The van der Waals surface area contributed by atoms with Crippen LogP contribution in [-0.4, -0.2) is 20.5 Å². The zero-order chi connectivity index (χ0) is 16.1. The Morgan fingerprint density at radius 3 is 2.74 bits per heavy atom. The molecule has 1 aromatic carbocycles. The molecule has 3 aromatic rings. The monoisotopic (exact) mass is 372 g/mol. The third kappa shape index (κ3) is 4.16. The number of benzene rings is 1. The summed E-state index contributed by atoms with van der Waals surface area (Å²) in [6.07, 6.45) is 6.66. The lowest BCUT2D eigenvalue weighted by atomic mass is 10.1. The fourth-order valence-corrected chi connectivity index (χ4v) is 2.66. The molecule has 0 aliphatic heterocycles. The number of anilines is 1. The highest BCUT2D eigenvalue weighted by Crippen LogP contribution is 2.13. The summed E-state index contributed by atoms with van der Waals surface area (Å²) in [5, 5.41) is 7.04. The number of aryl methyl sites for hydroxylation is 1. The second kappa shape index (κ2) is 7.37. The van der Waals surface area contributed by atoms with Crippen LogP contribution in [0.2, 0.25) is 0 Å². The Morgan fingerprint density at radius 1 is 1.09 bits per heavy atom. The molecular weight excluding hydrogens is 356 g/mol. The first-order chi connectivity index (χ1) is 11.2. The predicted octanol–water partition coefficient (Wildman–Crippen LogP) is 3.84. The summed E-state index contributed by atoms with van der Waals surface area (Å²) in [6.45, 7) is 0. The molecular formula is C17H17BrN4O. The van der Waals surface area contributed by atoms with Gasteiger partial charge in [-0.05, 0) is 43.0 Å². The summed E-state index contributed by atoms with van der Waals surface area (Å²) < 4.78 is 2.71. The lowest BCUT2D eigenvalue weighted by Gasteiger charge is -2.07. The maximum Gasteiger partial charge on any atom is 0.225 e. The molecule has 0 saturated carbocycles. The van der Waals surface area contributed by atoms with Crippen LogP contribution in [0.1, 0.15) is 24.8 Å². The lowest BCUT2D eigenvalue weighted by Crippen LogP contribution is -2.14. The van der Waals surface area contributed by atoms with Crippen LogP contribution in [0.15, 0.2) is 53.3 Å². The van der Waals surface area contributed by atoms with Crippen LogP contribution in [0, 0.1) is 0 Å². The smallest absolute Gasteiger partial charge is 0.225 e. The molecule has 3 rings (SSSR count). The van der Waals surface area contributed by atoms with E-state index < -0.39 is 0 Å². The topological polar surface area (TPSA) is 59.3 Å². The molecule has 2 heterocycles. The molecule has 0 aliphatic carbocycles. The maximum absolute atomic E-state index is 12.1. The quantitative estimate of drug-likeness (QED) is 0.668. The van der Waals surface area contributed by atoms with Crippen LogP contribution in [0.25, 0.3) is 5.65 Å². The van der Waals surface area contributed by atoms with E-state index in [4.69, 9.17) is 0 Å². The molecule has 118 valence electrons. The largest absolute Gasteiger partial charge is 0.311 e. The van der Waals surface area contributed by atoms with Crippen molar-refractivity contribution in [1.29, 1.82) is 0 Å². The van der Waals surface area contributed by atoms with E-state index in [0.717, 1.165) is 29.4 Å². The fourth-order valence-electron chi connectivity index (χ4n) is 2.40. The van der Waals surface area contributed by atoms with Crippen molar-refractivity contribution in [3.8, 4) is 0 Å². The van der Waals surface area contributed by atoms with E-state index in [1.54, 1.807) is 29.0 Å². The van der Waals surface area contributed by atoms with Gasteiger partial charge in [-0.1, -0.05) is 28.1 Å². The van der Waals surface area contributed by atoms with E-state index in [0.29, 0.717) is 12.2 Å². The van der Waals surface area contributed by atoms with E-state index in [-0.39, 0.29) is 5.91 Å². The van der Waals surface area contributed by atoms with Crippen molar-refractivity contribution in [2.75, 3.05) is 5.32 Å². The third-order valence-electron chi connectivity index (χ3n) is 3.59. The van der Waals surface area contributed by atoms with Crippen molar-refractivity contribution in [3.63, 3.8) is 0 Å². The number of rotatable bonds is 6. The van der Waals surface area contributed by atoms with Crippen molar-refractivity contribution >= 4 is 33.3 Å². The number of fused-ring (bicyclic) bond motifs is 1. The number of carbonyl (C=O) groups excluding carboxylic acids is 1. The second-order valence-corrected chi connectivity index (χ2v) is 6.23. The first kappa shape index (κ1) is 15.7. The molecule has 2 aromatic heterocycles. The van der Waals surface area contributed by atoms with Crippen LogP contribution in [-0.2, 0) is 11.2 Å². The SMILES string of the molecule is O=C(CCCCc1ccc(Br)cc1)Nc1ccnc2ccnn12. The van der Waals surface area contributed by atoms with Gasteiger partial charge in [-0.2, -0.15) is 9.61 Å². The van der Waals surface area contributed by atoms with Gasteiger partial charge in [-0.15, -0.1) is 0 Å². The van der Waals surface area contributed by atoms with E-state index in [1.807, 2.05) is 12.1 Å². The Balaban J connectivity index is 1.46. The number of aromatic nitrogens is 3. The molecule has 1 amide bonds. The van der Waals surface area contributed by atoms with Crippen molar-refractivity contribution in [3.05, 3.63) is 58.8 Å². The number of nitrogens with zero attached hydrogens (tertiary/aromatic N) is 3. The standard InChI is InChI=1S/C17H17BrN4O/c18-14-7-5-13(6-8-14)3-1-2-4-17(23)21-16-9-11-19-15-10-12-20-22(15)16/h5-12H,1-4H2,(H,21,23). The van der Waals surface area contributed by atoms with E-state index in [2.05, 4.69) is 43.5 Å². The summed E-state index contributed by atoms with van der Waals surface area (Å²) in [5.74, 6) is 0.654. The average Bonchev–Trinajstić information content (AvgIpc) is 3.03. The summed E-state index contributed by atoms with van der Waals surface area (Å²) in [5.41, 5.74) is 2.01. The van der Waals surface area contributed by atoms with Crippen LogP contribution in [0.4, 0.5) is 5.82 Å². The second-order valence-electron chi connectivity index (χ2n) is 5.31. The number of amides is 1. The lowest BCUT2D eigenvalue weighted by molar-refractivity contribution is -0.116. The number of carbonyl (C=O) groups is 1. The van der Waals surface area contributed by atoms with Crippen molar-refractivity contribution < 1.29 is 4.79 Å². The average molecular weight is 373 g/mol. The van der Waals surface area contributed by atoms with Gasteiger partial charge in [0.05, 0.1) is 6.20 Å². The number of unbranched alkanes of at least 4 members (excludes halogenated alkanes) is 1. The summed E-state index contributed by atoms with van der Waals surface area (Å²) in [6, 6.07) is 11.8. The van der Waals surface area contributed by atoms with Gasteiger partial charge in [0.1, 0.15) is 5.82 Å². The molecule has 0 unspecified atom stereocenters. The Kier molecular flexibility index (Phi) is 5.02. The number of hydrogen-bond donors (Lipinski definition) is 1. The molecule has 23 heavy (non-hydrogen) atoms. The fraction of sp³-hybridized carbons (Fsp3) is 0.235. The van der Waals surface area contributed by atoms with Crippen LogP contribution in [0.3, 0.4) is 0 Å². The maximum atomic E-state index is 12.1. The Hall–Kier alpha value is -2.21. The predicted molar refractivity (Wildman–Crippen MR) is 93.3 cm³/mol. The Bertz CT molecular complexity index is 798. The van der Waals surface area contributed by atoms with E-state index >= 15 is 0 Å². The number of halogens is 1. The molecule has 0 saturated heterocycles. The van der Waals surface area contributed by atoms with Gasteiger partial charge < -0.3 is 5.32 Å². The van der Waals surface area contributed by atoms with Gasteiger partial charge in [0.2, 0.25) is 5.91 Å². The molecule has 0 aliphatic rings. The van der Waals surface area contributed by atoms with Crippen molar-refractivity contribution in [1.82, 2.24) is 14.6 Å². The van der Waals surface area contributed by atoms with Crippen LogP contribution in [0.5, 0.6) is 0 Å². The zero-order valence-electron chi connectivity index (χ0n) is 12.6. The number of hydrogen-bond acceptors (Lipinski definition) is 3. The van der Waals surface area contributed by atoms with Crippen molar-refractivity contribution in [2.24, 2.45) is 0 Å². The molecule has 0 bridgehead atoms. The Labute approximate surface area is 142 Å². The van der Waals surface area contributed by atoms with Crippen molar-refractivity contribution in [2.45, 2.75) is 25.7 Å². The summed E-state index contributed by atoms with van der Waals surface area (Å²) in [7, 11) is 0. The molecule has 1 N–H and O–H groups in total. The van der Waals surface area contributed by atoms with Gasteiger partial charge in [-0.25, -0.2) is 4.98 Å². The normalized spacial score (nSPS) is 10.8. The highest BCUT2D eigenvalue weighted by Gasteiger charge is 2.06. The highest BCUT2D eigenvalue weighted by molar-refractivity contribution is 9.10. The first-order valence-electron chi connectivity index (χ1n) is 7.55. The van der Waals surface area contributed by atoms with Crippen LogP contribution < -0.4 is 5.32 Å². The first-order valence-corrected chi connectivity index (χ1v) is 8.35. The van der Waals surface area contributed by atoms with Gasteiger partial charge >= 0.3 is 0 Å². The molecule has 0 spiro atoms. The minimum atomic E-state index is 0.00352. The number of nitrogens with one attached hydrogen (secondary N) is 1. The minimum Gasteiger partial charge on any atom is -0.311 e. The van der Waals surface area contributed by atoms with E-state index in [1.165, 1.54) is 5.56 Å². The van der Waals surface area contributed by atoms with Gasteiger partial charge in [0.25, 0.3) is 0 Å². The molecule has 0 atom stereocenters. The minimum absolute atomic E-state index is 0.00352. The summed E-state index contributed by atoms with van der Waals surface area (Å²) in [4.78, 5) is 16.2. The summed E-state index contributed by atoms with van der Waals surface area (Å²) >= 11 is 3.43. The Morgan fingerprint density at radius 2 is 1.91 bits per heavy atom. The molecule has 6 heteroatoms. The van der Waals surface area contributed by atoms with Gasteiger partial charge in [0, 0.05) is 23.2 Å². The van der Waals surface area contributed by atoms with Crippen LogP contribution >= 0.6 is 15.9 Å².